The molecule has 1 aliphatic heterocycles. The van der Waals surface area contributed by atoms with Crippen LogP contribution in [0.25, 0.3) is 0 Å². The maximum absolute atomic E-state index is 9.86. The molecule has 0 spiro atoms. The van der Waals surface area contributed by atoms with E-state index in [1.54, 1.807) is 0 Å². The molecule has 4 nitrogen and oxygen atoms in total. The fraction of sp³-hybridized carbons (Fsp3) is 0.875. The van der Waals surface area contributed by atoms with Gasteiger partial charge in [-0.15, -0.1) is 0 Å². The first-order chi connectivity index (χ1) is 6.55. The Hall–Kier alpha value is 0.0900. The van der Waals surface area contributed by atoms with Crippen molar-refractivity contribution in [2.75, 3.05) is 11.5 Å². The van der Waals surface area contributed by atoms with E-state index in [4.69, 9.17) is 15.9 Å². The zero-order valence-corrected chi connectivity index (χ0v) is 9.81. The van der Waals surface area contributed by atoms with Crippen LogP contribution in [0.1, 0.15) is 19.8 Å². The average Bonchev–Trinajstić information content (AvgIpc) is 2.20. The highest BCUT2D eigenvalue weighted by atomic mass is 33.1. The van der Waals surface area contributed by atoms with Crippen molar-refractivity contribution in [3.8, 4) is 0 Å². The van der Waals surface area contributed by atoms with Crippen LogP contribution in [0.4, 0.5) is 0 Å². The van der Waals surface area contributed by atoms with E-state index >= 15 is 0 Å². The Balaban J connectivity index is 0.000000249. The molecule has 2 atom stereocenters. The lowest BCUT2D eigenvalue weighted by atomic mass is 10.2. The van der Waals surface area contributed by atoms with Gasteiger partial charge >= 0.3 is 5.97 Å². The number of rotatable bonds is 2. The van der Waals surface area contributed by atoms with E-state index in [1.807, 2.05) is 21.6 Å². The Labute approximate surface area is 92.0 Å². The second kappa shape index (κ2) is 8.40. The van der Waals surface area contributed by atoms with Crippen molar-refractivity contribution < 1.29 is 15.0 Å². The van der Waals surface area contributed by atoms with E-state index in [0.29, 0.717) is 0 Å². The van der Waals surface area contributed by atoms with Crippen molar-refractivity contribution in [1.82, 2.24) is 0 Å². The summed E-state index contributed by atoms with van der Waals surface area (Å²) in [6, 6.07) is -1.16. The van der Waals surface area contributed by atoms with E-state index in [0.717, 1.165) is 0 Å². The molecule has 0 amide bonds. The highest BCUT2D eigenvalue weighted by Crippen LogP contribution is 2.28. The third-order valence-electron chi connectivity index (χ3n) is 1.59. The summed E-state index contributed by atoms with van der Waals surface area (Å²) < 4.78 is 0. The molecule has 4 N–H and O–H groups in total. The average molecular weight is 239 g/mol. The van der Waals surface area contributed by atoms with Crippen LogP contribution >= 0.6 is 21.6 Å². The molecule has 0 bridgehead atoms. The van der Waals surface area contributed by atoms with Gasteiger partial charge in [-0.2, -0.15) is 0 Å². The smallest absolute Gasteiger partial charge is 0.323 e. The van der Waals surface area contributed by atoms with Crippen molar-refractivity contribution in [1.29, 1.82) is 0 Å². The van der Waals surface area contributed by atoms with Crippen LogP contribution in [0.3, 0.4) is 0 Å². The zero-order valence-electron chi connectivity index (χ0n) is 8.18. The number of nitrogens with two attached hydrogens (primary N) is 1. The second-order valence-corrected chi connectivity index (χ2v) is 5.66. The zero-order chi connectivity index (χ0) is 11.0. The summed E-state index contributed by atoms with van der Waals surface area (Å²) in [5.41, 5.74) is 4.91. The number of hydrogen-bond acceptors (Lipinski definition) is 5. The fourth-order valence-corrected chi connectivity index (χ4v) is 2.94. The lowest BCUT2D eigenvalue weighted by molar-refractivity contribution is -0.140. The molecule has 0 aliphatic carbocycles. The number of hydrogen-bond donors (Lipinski definition) is 3. The van der Waals surface area contributed by atoms with Crippen LogP contribution in [0, 0.1) is 0 Å². The van der Waals surface area contributed by atoms with Gasteiger partial charge in [0.05, 0.1) is 6.10 Å². The molecule has 1 rings (SSSR count). The predicted octanol–water partition coefficient (Wildman–Crippen LogP) is 0.941. The first kappa shape index (κ1) is 14.1. The predicted molar refractivity (Wildman–Crippen MR) is 61.4 cm³/mol. The van der Waals surface area contributed by atoms with Crippen LogP contribution in [0.2, 0.25) is 0 Å². The summed E-state index contributed by atoms with van der Waals surface area (Å²) in [4.78, 5) is 9.86. The van der Waals surface area contributed by atoms with Crippen molar-refractivity contribution in [3.63, 3.8) is 0 Å². The lowest BCUT2D eigenvalue weighted by Gasteiger charge is -2.06. The molecule has 0 aromatic carbocycles. The first-order valence-corrected chi connectivity index (χ1v) is 6.95. The molecule has 0 aromatic heterocycles. The highest BCUT2D eigenvalue weighted by molar-refractivity contribution is 8.76. The molecular formula is C8H17NO3S2. The van der Waals surface area contributed by atoms with Gasteiger partial charge in [0.1, 0.15) is 6.04 Å². The first-order valence-electron chi connectivity index (χ1n) is 4.46. The van der Waals surface area contributed by atoms with E-state index in [-0.39, 0.29) is 0 Å². The van der Waals surface area contributed by atoms with Crippen LogP contribution in [-0.4, -0.2) is 39.8 Å². The van der Waals surface area contributed by atoms with Gasteiger partial charge in [0, 0.05) is 11.5 Å². The summed E-state index contributed by atoms with van der Waals surface area (Å²) in [7, 11) is 4.02. The number of aliphatic hydroxyl groups excluding tert-OH is 1. The molecule has 1 saturated heterocycles. The Bertz CT molecular complexity index is 151. The SMILES string of the molecule is C1CCSSC1.CC(O)C(N)C(=O)O. The number of carboxylic acid groups (broad SMARTS) is 1. The van der Waals surface area contributed by atoms with Gasteiger partial charge in [0.25, 0.3) is 0 Å². The van der Waals surface area contributed by atoms with Crippen LogP contribution in [-0.2, 0) is 4.79 Å². The molecule has 14 heavy (non-hydrogen) atoms. The van der Waals surface area contributed by atoms with Crippen LogP contribution in [0.15, 0.2) is 0 Å². The van der Waals surface area contributed by atoms with Crippen molar-refractivity contribution in [3.05, 3.63) is 0 Å². The van der Waals surface area contributed by atoms with Gasteiger partial charge in [-0.05, 0) is 19.8 Å². The standard InChI is InChI=1S/C4H9NO3.C4H8S2/c1-2(6)3(5)4(7)8;1-2-4-6-5-3-1/h2-3,6H,5H2,1H3,(H,7,8);1-4H2. The van der Waals surface area contributed by atoms with Crippen molar-refractivity contribution in [2.24, 2.45) is 5.73 Å². The lowest BCUT2D eigenvalue weighted by Crippen LogP contribution is -2.39. The van der Waals surface area contributed by atoms with Gasteiger partial charge in [-0.25, -0.2) is 0 Å². The summed E-state index contributed by atoms with van der Waals surface area (Å²) in [5.74, 6) is 1.58. The van der Waals surface area contributed by atoms with Crippen molar-refractivity contribution >= 4 is 27.6 Å². The van der Waals surface area contributed by atoms with Crippen LogP contribution in [0.5, 0.6) is 0 Å². The topological polar surface area (TPSA) is 83.5 Å². The molecule has 6 heteroatoms. The maximum atomic E-state index is 9.86. The van der Waals surface area contributed by atoms with Gasteiger partial charge < -0.3 is 15.9 Å². The largest absolute Gasteiger partial charge is 0.480 e. The van der Waals surface area contributed by atoms with Gasteiger partial charge in [-0.3, -0.25) is 4.79 Å². The Morgan fingerprint density at radius 2 is 1.79 bits per heavy atom. The molecule has 84 valence electrons. The molecule has 0 aromatic rings. The number of aliphatic carboxylic acids is 1. The molecule has 1 aliphatic rings. The number of aliphatic hydroxyl groups is 1. The third kappa shape index (κ3) is 7.49. The number of carboxylic acids is 1. The van der Waals surface area contributed by atoms with Gasteiger partial charge in [0.15, 0.2) is 0 Å². The Morgan fingerprint density at radius 3 is 1.86 bits per heavy atom. The van der Waals surface area contributed by atoms with Gasteiger partial charge in [0.2, 0.25) is 0 Å². The van der Waals surface area contributed by atoms with E-state index in [2.05, 4.69) is 0 Å². The summed E-state index contributed by atoms with van der Waals surface area (Å²) in [6.07, 6.45) is 1.91. The minimum absolute atomic E-state index is 0.979. The molecular weight excluding hydrogens is 222 g/mol. The molecule has 0 saturated carbocycles. The van der Waals surface area contributed by atoms with E-state index in [1.165, 1.54) is 31.3 Å². The van der Waals surface area contributed by atoms with Crippen molar-refractivity contribution in [2.45, 2.75) is 31.9 Å². The maximum Gasteiger partial charge on any atom is 0.323 e. The molecule has 0 radical (unpaired) electrons. The Kier molecular flexibility index (Phi) is 8.46. The summed E-state index contributed by atoms with van der Waals surface area (Å²) >= 11 is 0. The number of carbonyl (C=O) groups is 1. The van der Waals surface area contributed by atoms with Crippen LogP contribution < -0.4 is 5.73 Å². The second-order valence-electron chi connectivity index (χ2n) is 2.96. The summed E-state index contributed by atoms with van der Waals surface area (Å²) in [5, 5.41) is 16.6. The quantitative estimate of drug-likeness (QED) is 0.622. The Morgan fingerprint density at radius 1 is 1.36 bits per heavy atom. The normalized spacial score (nSPS) is 20.2. The van der Waals surface area contributed by atoms with E-state index in [9.17, 15) is 4.79 Å². The fourth-order valence-electron chi connectivity index (χ4n) is 0.646. The highest BCUT2D eigenvalue weighted by Gasteiger charge is 2.16. The monoisotopic (exact) mass is 239 g/mol. The minimum Gasteiger partial charge on any atom is -0.480 e. The minimum atomic E-state index is -1.18. The molecule has 1 heterocycles. The van der Waals surface area contributed by atoms with E-state index < -0.39 is 18.1 Å². The summed E-state index contributed by atoms with van der Waals surface area (Å²) in [6.45, 7) is 1.33. The molecule has 2 unspecified atom stereocenters. The van der Waals surface area contributed by atoms with Gasteiger partial charge in [-0.1, -0.05) is 21.6 Å². The molecule has 1 fully saturated rings. The third-order valence-corrected chi connectivity index (χ3v) is 4.17.